The molecule has 0 unspecified atom stereocenters. The molecule has 0 saturated heterocycles. The Labute approximate surface area is 125 Å². The summed E-state index contributed by atoms with van der Waals surface area (Å²) in [5, 5.41) is 3.26. The Hall–Kier alpha value is -1.91. The van der Waals surface area contributed by atoms with E-state index in [-0.39, 0.29) is 5.82 Å². The zero-order chi connectivity index (χ0) is 15.1. The van der Waals surface area contributed by atoms with Gasteiger partial charge < -0.3 is 15.0 Å². The van der Waals surface area contributed by atoms with Gasteiger partial charge in [-0.3, -0.25) is 0 Å². The third-order valence-corrected chi connectivity index (χ3v) is 3.35. The van der Waals surface area contributed by atoms with Crippen molar-refractivity contribution in [2.24, 2.45) is 0 Å². The van der Waals surface area contributed by atoms with Crippen LogP contribution >= 0.6 is 0 Å². The fourth-order valence-corrected chi connectivity index (χ4v) is 2.26. The van der Waals surface area contributed by atoms with E-state index in [4.69, 9.17) is 4.74 Å². The molecule has 1 N–H and O–H groups in total. The molecule has 0 aromatic heterocycles. The van der Waals surface area contributed by atoms with E-state index in [0.717, 1.165) is 17.8 Å². The zero-order valence-corrected chi connectivity index (χ0v) is 12.5. The number of methoxy groups -OCH3 is 1. The number of benzene rings is 2. The lowest BCUT2D eigenvalue weighted by atomic mass is 10.1. The smallest absolute Gasteiger partial charge is 0.147 e. The van der Waals surface area contributed by atoms with Crippen molar-refractivity contribution in [3.8, 4) is 0 Å². The molecule has 0 heterocycles. The molecule has 0 fully saturated rings. The van der Waals surface area contributed by atoms with Crippen molar-refractivity contribution >= 4 is 11.4 Å². The maximum atomic E-state index is 14.3. The minimum atomic E-state index is -0.215. The molecule has 0 saturated carbocycles. The minimum Gasteiger partial charge on any atom is -0.383 e. The van der Waals surface area contributed by atoms with Crippen molar-refractivity contribution < 1.29 is 9.13 Å². The van der Waals surface area contributed by atoms with Crippen LogP contribution in [0.5, 0.6) is 0 Å². The predicted molar refractivity (Wildman–Crippen MR) is 84.5 cm³/mol. The van der Waals surface area contributed by atoms with Gasteiger partial charge in [0.25, 0.3) is 0 Å². The molecule has 0 atom stereocenters. The highest BCUT2D eigenvalue weighted by Crippen LogP contribution is 2.29. The first-order chi connectivity index (χ1) is 10.2. The summed E-state index contributed by atoms with van der Waals surface area (Å²) in [6, 6.07) is 15.0. The minimum absolute atomic E-state index is 0.215. The second-order valence-electron chi connectivity index (χ2n) is 4.81. The van der Waals surface area contributed by atoms with Crippen molar-refractivity contribution in [1.29, 1.82) is 0 Å². The van der Waals surface area contributed by atoms with Crippen LogP contribution in [0.1, 0.15) is 5.56 Å². The Morgan fingerprint density at radius 2 is 1.86 bits per heavy atom. The molecule has 0 bridgehead atoms. The van der Waals surface area contributed by atoms with Gasteiger partial charge in [-0.15, -0.1) is 0 Å². The first-order valence-electron chi connectivity index (χ1n) is 7.00. The summed E-state index contributed by atoms with van der Waals surface area (Å²) in [6.07, 6.45) is 0. The molecular formula is C17H21FN2O. The maximum absolute atomic E-state index is 14.3. The van der Waals surface area contributed by atoms with E-state index in [1.807, 2.05) is 48.3 Å². The summed E-state index contributed by atoms with van der Waals surface area (Å²) in [4.78, 5) is 1.88. The van der Waals surface area contributed by atoms with Gasteiger partial charge in [-0.1, -0.05) is 30.3 Å². The first-order valence-corrected chi connectivity index (χ1v) is 7.00. The van der Waals surface area contributed by atoms with Gasteiger partial charge in [0.2, 0.25) is 0 Å². The Balaban J connectivity index is 2.21. The number of anilines is 2. The summed E-state index contributed by atoms with van der Waals surface area (Å²) in [7, 11) is 3.55. The first kappa shape index (κ1) is 15.5. The highest BCUT2D eigenvalue weighted by molar-refractivity contribution is 5.66. The average molecular weight is 288 g/mol. The van der Waals surface area contributed by atoms with E-state index in [9.17, 15) is 4.39 Å². The largest absolute Gasteiger partial charge is 0.383 e. The van der Waals surface area contributed by atoms with Crippen LogP contribution in [0.2, 0.25) is 0 Å². The van der Waals surface area contributed by atoms with Gasteiger partial charge in [0.15, 0.2) is 0 Å². The number of hydrogen-bond acceptors (Lipinski definition) is 3. The molecule has 2 aromatic carbocycles. The van der Waals surface area contributed by atoms with E-state index in [0.29, 0.717) is 18.8 Å². The van der Waals surface area contributed by atoms with Crippen LogP contribution in [0.25, 0.3) is 0 Å². The topological polar surface area (TPSA) is 24.5 Å². The third-order valence-electron chi connectivity index (χ3n) is 3.35. The van der Waals surface area contributed by atoms with E-state index in [1.165, 1.54) is 6.07 Å². The monoisotopic (exact) mass is 288 g/mol. The number of hydrogen-bond donors (Lipinski definition) is 1. The molecule has 112 valence electrons. The summed E-state index contributed by atoms with van der Waals surface area (Å²) in [5.74, 6) is -0.215. The van der Waals surface area contributed by atoms with Crippen LogP contribution in [-0.2, 0) is 11.3 Å². The lowest BCUT2D eigenvalue weighted by molar-refractivity contribution is 0.199. The Morgan fingerprint density at radius 1 is 1.10 bits per heavy atom. The van der Waals surface area contributed by atoms with Crippen molar-refractivity contribution in [3.63, 3.8) is 0 Å². The van der Waals surface area contributed by atoms with Gasteiger partial charge in [-0.05, 0) is 23.8 Å². The van der Waals surface area contributed by atoms with Gasteiger partial charge in [0, 0.05) is 32.9 Å². The zero-order valence-electron chi connectivity index (χ0n) is 12.5. The summed E-state index contributed by atoms with van der Waals surface area (Å²) < 4.78 is 19.3. The van der Waals surface area contributed by atoms with Crippen molar-refractivity contribution in [3.05, 3.63) is 59.9 Å². The van der Waals surface area contributed by atoms with Gasteiger partial charge in [0.1, 0.15) is 5.82 Å². The van der Waals surface area contributed by atoms with Crippen LogP contribution in [0, 0.1) is 5.82 Å². The van der Waals surface area contributed by atoms with Gasteiger partial charge in [-0.25, -0.2) is 4.39 Å². The van der Waals surface area contributed by atoms with Gasteiger partial charge in [0.05, 0.1) is 12.3 Å². The SMILES string of the molecule is COCCNCc1cccc(F)c1N(C)c1ccccc1. The molecule has 0 aliphatic rings. The fourth-order valence-electron chi connectivity index (χ4n) is 2.26. The lowest BCUT2D eigenvalue weighted by Gasteiger charge is -2.23. The van der Waals surface area contributed by atoms with E-state index in [1.54, 1.807) is 13.2 Å². The molecule has 0 aliphatic heterocycles. The van der Waals surface area contributed by atoms with Crippen LogP contribution in [0.15, 0.2) is 48.5 Å². The number of nitrogens with one attached hydrogen (secondary N) is 1. The van der Waals surface area contributed by atoms with E-state index < -0.39 is 0 Å². The van der Waals surface area contributed by atoms with Crippen molar-refractivity contribution in [2.75, 3.05) is 32.2 Å². The molecule has 3 nitrogen and oxygen atoms in total. The lowest BCUT2D eigenvalue weighted by Crippen LogP contribution is -2.21. The van der Waals surface area contributed by atoms with Crippen LogP contribution in [0.3, 0.4) is 0 Å². The molecular weight excluding hydrogens is 267 g/mol. The van der Waals surface area contributed by atoms with Crippen LogP contribution < -0.4 is 10.2 Å². The molecule has 0 aliphatic carbocycles. The highest BCUT2D eigenvalue weighted by Gasteiger charge is 2.13. The summed E-state index contributed by atoms with van der Waals surface area (Å²) in [6.45, 7) is 1.98. The second-order valence-corrected chi connectivity index (χ2v) is 4.81. The number of rotatable bonds is 7. The molecule has 21 heavy (non-hydrogen) atoms. The van der Waals surface area contributed by atoms with Crippen molar-refractivity contribution in [1.82, 2.24) is 5.32 Å². The third kappa shape index (κ3) is 4.03. The Bertz CT molecular complexity index is 560. The van der Waals surface area contributed by atoms with E-state index in [2.05, 4.69) is 5.32 Å². The number of para-hydroxylation sites is 2. The van der Waals surface area contributed by atoms with E-state index >= 15 is 0 Å². The molecule has 2 rings (SSSR count). The molecule has 4 heteroatoms. The molecule has 0 spiro atoms. The predicted octanol–water partition coefficient (Wildman–Crippen LogP) is 3.33. The summed E-state index contributed by atoms with van der Waals surface area (Å²) in [5.41, 5.74) is 2.49. The number of nitrogens with zero attached hydrogens (tertiary/aromatic N) is 1. The maximum Gasteiger partial charge on any atom is 0.147 e. The van der Waals surface area contributed by atoms with Gasteiger partial charge in [-0.2, -0.15) is 0 Å². The second kappa shape index (κ2) is 7.76. The number of halogens is 1. The molecule has 0 radical (unpaired) electrons. The Kier molecular flexibility index (Phi) is 5.72. The quantitative estimate of drug-likeness (QED) is 0.791. The van der Waals surface area contributed by atoms with Crippen LogP contribution in [-0.4, -0.2) is 27.3 Å². The van der Waals surface area contributed by atoms with Gasteiger partial charge >= 0.3 is 0 Å². The highest BCUT2D eigenvalue weighted by atomic mass is 19.1. The summed E-state index contributed by atoms with van der Waals surface area (Å²) >= 11 is 0. The fraction of sp³-hybridized carbons (Fsp3) is 0.294. The Morgan fingerprint density at radius 3 is 2.57 bits per heavy atom. The number of ether oxygens (including phenoxy) is 1. The standard InChI is InChI=1S/C17H21FN2O/c1-20(15-8-4-3-5-9-15)17-14(7-6-10-16(17)18)13-19-11-12-21-2/h3-10,19H,11-13H2,1-2H3. The molecule has 2 aromatic rings. The normalized spacial score (nSPS) is 10.6. The molecule has 0 amide bonds. The average Bonchev–Trinajstić information content (AvgIpc) is 2.52. The van der Waals surface area contributed by atoms with Crippen LogP contribution in [0.4, 0.5) is 15.8 Å². The van der Waals surface area contributed by atoms with Crippen molar-refractivity contribution in [2.45, 2.75) is 6.54 Å².